The van der Waals surface area contributed by atoms with E-state index in [4.69, 9.17) is 13.9 Å². The molecule has 1 aliphatic rings. The van der Waals surface area contributed by atoms with Gasteiger partial charge in [0.2, 0.25) is 0 Å². The number of carbonyl (C=O) groups is 2. The van der Waals surface area contributed by atoms with Crippen molar-refractivity contribution in [3.8, 4) is 22.8 Å². The highest BCUT2D eigenvalue weighted by Gasteiger charge is 2.34. The lowest BCUT2D eigenvalue weighted by Gasteiger charge is -2.13. The summed E-state index contributed by atoms with van der Waals surface area (Å²) in [5, 5.41) is 0.363. The highest BCUT2D eigenvalue weighted by atomic mass is 16.5. The number of ether oxygens (including phenoxy) is 2. The first kappa shape index (κ1) is 22.4. The van der Waals surface area contributed by atoms with Crippen molar-refractivity contribution in [2.45, 2.75) is 12.8 Å². The Labute approximate surface area is 201 Å². The van der Waals surface area contributed by atoms with Crippen molar-refractivity contribution in [1.82, 2.24) is 4.90 Å². The zero-order valence-electron chi connectivity index (χ0n) is 19.4. The summed E-state index contributed by atoms with van der Waals surface area (Å²) in [6, 6.07) is 19.3. The predicted octanol–water partition coefficient (Wildman–Crippen LogP) is 4.71. The van der Waals surface area contributed by atoms with Crippen molar-refractivity contribution in [1.29, 1.82) is 0 Å². The first-order valence-electron chi connectivity index (χ1n) is 11.2. The van der Waals surface area contributed by atoms with E-state index in [1.807, 2.05) is 24.3 Å². The first-order valence-corrected chi connectivity index (χ1v) is 11.2. The van der Waals surface area contributed by atoms with Crippen molar-refractivity contribution in [3.63, 3.8) is 0 Å². The lowest BCUT2D eigenvalue weighted by molar-refractivity contribution is 0.0652. The number of benzene rings is 3. The predicted molar refractivity (Wildman–Crippen MR) is 131 cm³/mol. The number of amides is 2. The van der Waals surface area contributed by atoms with E-state index < -0.39 is 0 Å². The van der Waals surface area contributed by atoms with Gasteiger partial charge in [-0.25, -0.2) is 0 Å². The van der Waals surface area contributed by atoms with E-state index in [2.05, 4.69) is 0 Å². The van der Waals surface area contributed by atoms with E-state index in [-0.39, 0.29) is 17.2 Å². The molecule has 0 atom stereocenters. The fraction of sp³-hybridized carbons (Fsp3) is 0.179. The molecule has 1 aromatic heterocycles. The van der Waals surface area contributed by atoms with E-state index in [0.29, 0.717) is 58.7 Å². The molecule has 1 aliphatic heterocycles. The Morgan fingerprint density at radius 3 is 2.14 bits per heavy atom. The molecule has 7 heteroatoms. The number of hydrogen-bond acceptors (Lipinski definition) is 6. The van der Waals surface area contributed by atoms with Crippen LogP contribution in [0.25, 0.3) is 22.3 Å². The zero-order chi connectivity index (χ0) is 24.5. The lowest BCUT2D eigenvalue weighted by Crippen LogP contribution is -2.30. The topological polar surface area (TPSA) is 86.0 Å². The van der Waals surface area contributed by atoms with Gasteiger partial charge < -0.3 is 13.9 Å². The van der Waals surface area contributed by atoms with Crippen LogP contribution < -0.4 is 14.9 Å². The quantitative estimate of drug-likeness (QED) is 0.365. The number of nitrogens with zero attached hydrogens (tertiary/aromatic N) is 1. The number of imide groups is 1. The van der Waals surface area contributed by atoms with Crippen molar-refractivity contribution in [3.05, 3.63) is 93.6 Å². The van der Waals surface area contributed by atoms with Gasteiger partial charge in [0.1, 0.15) is 28.2 Å². The average molecular weight is 469 g/mol. The van der Waals surface area contributed by atoms with Gasteiger partial charge in [-0.05, 0) is 30.5 Å². The fourth-order valence-corrected chi connectivity index (χ4v) is 4.37. The van der Waals surface area contributed by atoms with Crippen molar-refractivity contribution >= 4 is 22.8 Å². The van der Waals surface area contributed by atoms with E-state index in [1.54, 1.807) is 36.4 Å². The van der Waals surface area contributed by atoms with Gasteiger partial charge in [0.15, 0.2) is 5.43 Å². The number of rotatable bonds is 7. The zero-order valence-corrected chi connectivity index (χ0v) is 19.4. The maximum Gasteiger partial charge on any atom is 0.261 e. The van der Waals surface area contributed by atoms with E-state index in [0.717, 1.165) is 11.1 Å². The Balaban J connectivity index is 1.30. The van der Waals surface area contributed by atoms with Crippen LogP contribution in [0.2, 0.25) is 0 Å². The number of hydrogen-bond donors (Lipinski definition) is 0. The summed E-state index contributed by atoms with van der Waals surface area (Å²) in [6.07, 6.45) is 1.35. The molecular weight excluding hydrogens is 446 g/mol. The molecule has 3 aromatic carbocycles. The van der Waals surface area contributed by atoms with E-state index >= 15 is 0 Å². The summed E-state index contributed by atoms with van der Waals surface area (Å²) in [6.45, 7) is 0.358. The lowest BCUT2D eigenvalue weighted by atomic mass is 10.0. The molecule has 5 rings (SSSR count). The Morgan fingerprint density at radius 2 is 1.51 bits per heavy atom. The standard InChI is InChI=1S/C28H23NO6/c1-33-19-14-24(34-2)26-22(30)16-23(35-25(26)15-19)18-11-9-17(10-12-18)6-5-13-29-27(31)20-7-3-4-8-21(20)28(29)32/h3-4,7-12,14-16H,5-6,13H2,1-2H3. The third-order valence-corrected chi connectivity index (χ3v) is 6.19. The third kappa shape index (κ3) is 4.05. The van der Waals surface area contributed by atoms with Crippen LogP contribution in [-0.2, 0) is 6.42 Å². The summed E-state index contributed by atoms with van der Waals surface area (Å²) in [5.41, 5.74) is 2.93. The number of aryl methyl sites for hydroxylation is 1. The van der Waals surface area contributed by atoms with Crippen LogP contribution >= 0.6 is 0 Å². The third-order valence-electron chi connectivity index (χ3n) is 6.19. The molecule has 2 heterocycles. The Kier molecular flexibility index (Phi) is 5.82. The molecular formula is C28H23NO6. The van der Waals surface area contributed by atoms with Crippen LogP contribution in [0.1, 0.15) is 32.7 Å². The second kappa shape index (κ2) is 9.10. The molecule has 0 spiro atoms. The molecule has 0 unspecified atom stereocenters. The Morgan fingerprint density at radius 1 is 0.829 bits per heavy atom. The van der Waals surface area contributed by atoms with Crippen LogP contribution in [0.5, 0.6) is 11.5 Å². The van der Waals surface area contributed by atoms with Gasteiger partial charge in [-0.15, -0.1) is 0 Å². The van der Waals surface area contributed by atoms with Crippen molar-refractivity contribution < 1.29 is 23.5 Å². The van der Waals surface area contributed by atoms with Crippen LogP contribution in [0, 0.1) is 0 Å². The molecule has 0 aliphatic carbocycles. The maximum atomic E-state index is 12.8. The van der Waals surface area contributed by atoms with Gasteiger partial charge in [0.05, 0.1) is 25.3 Å². The number of fused-ring (bicyclic) bond motifs is 2. The van der Waals surface area contributed by atoms with Crippen LogP contribution in [-0.4, -0.2) is 37.5 Å². The minimum Gasteiger partial charge on any atom is -0.496 e. The highest BCUT2D eigenvalue weighted by Crippen LogP contribution is 2.32. The molecule has 7 nitrogen and oxygen atoms in total. The van der Waals surface area contributed by atoms with Gasteiger partial charge >= 0.3 is 0 Å². The molecule has 0 fully saturated rings. The highest BCUT2D eigenvalue weighted by molar-refractivity contribution is 6.21. The first-order chi connectivity index (χ1) is 17.0. The molecule has 2 amide bonds. The minimum absolute atomic E-state index is 0.203. The Bertz CT molecular complexity index is 1470. The molecule has 35 heavy (non-hydrogen) atoms. The van der Waals surface area contributed by atoms with E-state index in [1.165, 1.54) is 25.2 Å². The summed E-state index contributed by atoms with van der Waals surface area (Å²) < 4.78 is 16.6. The molecule has 0 N–H and O–H groups in total. The molecule has 0 radical (unpaired) electrons. The summed E-state index contributed by atoms with van der Waals surface area (Å²) >= 11 is 0. The molecule has 176 valence electrons. The number of carbonyl (C=O) groups excluding carboxylic acids is 2. The monoisotopic (exact) mass is 469 g/mol. The molecule has 4 aromatic rings. The second-order valence-corrected chi connectivity index (χ2v) is 8.29. The molecule has 0 saturated heterocycles. The van der Waals surface area contributed by atoms with Crippen LogP contribution in [0.15, 0.2) is 75.9 Å². The van der Waals surface area contributed by atoms with Gasteiger partial charge in [0, 0.05) is 30.3 Å². The fourth-order valence-electron chi connectivity index (χ4n) is 4.37. The summed E-state index contributed by atoms with van der Waals surface area (Å²) in [5.74, 6) is 0.896. The summed E-state index contributed by atoms with van der Waals surface area (Å²) in [7, 11) is 3.03. The number of methoxy groups -OCH3 is 2. The average Bonchev–Trinajstić information content (AvgIpc) is 3.13. The van der Waals surface area contributed by atoms with Gasteiger partial charge in [-0.3, -0.25) is 19.3 Å². The van der Waals surface area contributed by atoms with Crippen LogP contribution in [0.3, 0.4) is 0 Å². The van der Waals surface area contributed by atoms with Crippen LogP contribution in [0.4, 0.5) is 0 Å². The van der Waals surface area contributed by atoms with Gasteiger partial charge in [0.25, 0.3) is 11.8 Å². The second-order valence-electron chi connectivity index (χ2n) is 8.29. The van der Waals surface area contributed by atoms with Crippen molar-refractivity contribution in [2.75, 3.05) is 20.8 Å². The van der Waals surface area contributed by atoms with E-state index in [9.17, 15) is 14.4 Å². The van der Waals surface area contributed by atoms with Gasteiger partial charge in [-0.1, -0.05) is 36.4 Å². The molecule has 0 bridgehead atoms. The van der Waals surface area contributed by atoms with Crippen molar-refractivity contribution in [2.24, 2.45) is 0 Å². The largest absolute Gasteiger partial charge is 0.496 e. The maximum absolute atomic E-state index is 12.8. The smallest absolute Gasteiger partial charge is 0.261 e. The minimum atomic E-state index is -0.236. The Hall–Kier alpha value is -4.39. The van der Waals surface area contributed by atoms with Gasteiger partial charge in [-0.2, -0.15) is 0 Å². The SMILES string of the molecule is COc1cc(OC)c2c(=O)cc(-c3ccc(CCCN4C(=O)c5ccccc5C4=O)cc3)oc2c1. The summed E-state index contributed by atoms with van der Waals surface area (Å²) in [4.78, 5) is 39.1. The normalized spacial score (nSPS) is 12.8. The molecule has 0 saturated carbocycles.